The lowest BCUT2D eigenvalue weighted by molar-refractivity contribution is 0.797. The summed E-state index contributed by atoms with van der Waals surface area (Å²) in [4.78, 5) is 0. The van der Waals surface area contributed by atoms with Crippen molar-refractivity contribution >= 4 is 32.9 Å². The highest BCUT2D eigenvalue weighted by molar-refractivity contribution is 9.09. The summed E-state index contributed by atoms with van der Waals surface area (Å²) in [6, 6.07) is 6.39. The van der Waals surface area contributed by atoms with Gasteiger partial charge in [-0.1, -0.05) is 40.2 Å². The van der Waals surface area contributed by atoms with Gasteiger partial charge in [0.05, 0.1) is 11.7 Å². The predicted molar refractivity (Wildman–Crippen MR) is 68.2 cm³/mol. The Morgan fingerprint density at radius 2 is 2.33 bits per heavy atom. The zero-order valence-electron chi connectivity index (χ0n) is 8.65. The molecule has 0 atom stereocenters. The Labute approximate surface area is 97.7 Å². The van der Waals surface area contributed by atoms with Crippen molar-refractivity contribution in [3.05, 3.63) is 36.0 Å². The molecule has 0 fully saturated rings. The average Bonchev–Trinajstić information content (AvgIpc) is 2.61. The molecule has 0 bridgehead atoms. The minimum atomic E-state index is 1.01. The van der Waals surface area contributed by atoms with Gasteiger partial charge in [-0.2, -0.15) is 5.10 Å². The van der Waals surface area contributed by atoms with E-state index in [2.05, 4.69) is 51.4 Å². The molecule has 0 radical (unpaired) electrons. The Kier molecular flexibility index (Phi) is 3.21. The monoisotopic (exact) mass is 264 g/mol. The molecular weight excluding hydrogens is 252 g/mol. The van der Waals surface area contributed by atoms with Crippen molar-refractivity contribution in [1.82, 2.24) is 9.78 Å². The normalized spacial score (nSPS) is 11.6. The van der Waals surface area contributed by atoms with Crippen LogP contribution in [0.2, 0.25) is 0 Å². The number of rotatable bonds is 3. The first kappa shape index (κ1) is 10.4. The molecule has 1 heterocycles. The van der Waals surface area contributed by atoms with Crippen LogP contribution in [0.1, 0.15) is 12.0 Å². The second-order valence-corrected chi connectivity index (χ2v) is 4.26. The number of allylic oxidation sites excluding steroid dienone is 1. The van der Waals surface area contributed by atoms with Gasteiger partial charge in [-0.05, 0) is 18.1 Å². The van der Waals surface area contributed by atoms with Crippen molar-refractivity contribution in [2.75, 3.05) is 5.33 Å². The molecule has 0 aliphatic rings. The second kappa shape index (κ2) is 4.62. The Bertz CT molecular complexity index is 485. The second-order valence-electron chi connectivity index (χ2n) is 3.47. The van der Waals surface area contributed by atoms with Gasteiger partial charge in [0.1, 0.15) is 0 Å². The Balaban J connectivity index is 2.33. The summed E-state index contributed by atoms with van der Waals surface area (Å²) in [6.07, 6.45) is 7.27. The number of benzene rings is 1. The van der Waals surface area contributed by atoms with Crippen molar-refractivity contribution in [2.24, 2.45) is 7.05 Å². The maximum absolute atomic E-state index is 4.22. The van der Waals surface area contributed by atoms with Crippen LogP contribution in [0.5, 0.6) is 0 Å². The number of hydrogen-bond acceptors (Lipinski definition) is 1. The predicted octanol–water partition coefficient (Wildman–Crippen LogP) is 3.37. The molecule has 0 amide bonds. The fraction of sp³-hybridized carbons (Fsp3) is 0.250. The van der Waals surface area contributed by atoms with Gasteiger partial charge in [-0.15, -0.1) is 0 Å². The maximum atomic E-state index is 4.22. The number of aromatic nitrogens is 2. The van der Waals surface area contributed by atoms with Gasteiger partial charge < -0.3 is 0 Å². The van der Waals surface area contributed by atoms with Crippen LogP contribution in [0.4, 0.5) is 0 Å². The lowest BCUT2D eigenvalue weighted by atomic mass is 10.1. The van der Waals surface area contributed by atoms with Gasteiger partial charge in [0, 0.05) is 17.8 Å². The SMILES string of the molecule is Cn1ncc2ccc(C=CCCBr)cc21. The van der Waals surface area contributed by atoms with Crippen molar-refractivity contribution < 1.29 is 0 Å². The van der Waals surface area contributed by atoms with E-state index >= 15 is 0 Å². The van der Waals surface area contributed by atoms with Crippen LogP contribution in [-0.4, -0.2) is 15.1 Å². The average molecular weight is 265 g/mol. The third-order valence-electron chi connectivity index (χ3n) is 2.36. The highest BCUT2D eigenvalue weighted by Gasteiger charge is 1.98. The van der Waals surface area contributed by atoms with Crippen LogP contribution in [0.3, 0.4) is 0 Å². The van der Waals surface area contributed by atoms with E-state index in [4.69, 9.17) is 0 Å². The molecule has 0 saturated carbocycles. The van der Waals surface area contributed by atoms with E-state index < -0.39 is 0 Å². The van der Waals surface area contributed by atoms with E-state index in [0.29, 0.717) is 0 Å². The summed E-state index contributed by atoms with van der Waals surface area (Å²) >= 11 is 3.40. The van der Waals surface area contributed by atoms with Gasteiger partial charge >= 0.3 is 0 Å². The largest absolute Gasteiger partial charge is 0.268 e. The Morgan fingerprint density at radius 1 is 1.47 bits per heavy atom. The zero-order valence-corrected chi connectivity index (χ0v) is 10.2. The van der Waals surface area contributed by atoms with Gasteiger partial charge in [-0.25, -0.2) is 0 Å². The fourth-order valence-corrected chi connectivity index (χ4v) is 1.81. The van der Waals surface area contributed by atoms with E-state index in [1.54, 1.807) is 0 Å². The molecule has 0 saturated heterocycles. The Morgan fingerprint density at radius 3 is 3.13 bits per heavy atom. The first-order valence-corrected chi connectivity index (χ1v) is 6.07. The van der Waals surface area contributed by atoms with Gasteiger partial charge in [0.2, 0.25) is 0 Å². The molecule has 2 rings (SSSR count). The van der Waals surface area contributed by atoms with Crippen molar-refractivity contribution in [3.8, 4) is 0 Å². The molecular formula is C12H13BrN2. The van der Waals surface area contributed by atoms with Gasteiger partial charge in [-0.3, -0.25) is 4.68 Å². The molecule has 2 aromatic rings. The molecule has 0 aliphatic carbocycles. The van der Waals surface area contributed by atoms with Crippen LogP contribution >= 0.6 is 15.9 Å². The maximum Gasteiger partial charge on any atom is 0.0685 e. The smallest absolute Gasteiger partial charge is 0.0685 e. The highest BCUT2D eigenvalue weighted by atomic mass is 79.9. The lowest BCUT2D eigenvalue weighted by Crippen LogP contribution is -1.88. The van der Waals surface area contributed by atoms with Crippen molar-refractivity contribution in [1.29, 1.82) is 0 Å². The third-order valence-corrected chi connectivity index (χ3v) is 2.82. The van der Waals surface area contributed by atoms with E-state index in [9.17, 15) is 0 Å². The van der Waals surface area contributed by atoms with Crippen LogP contribution < -0.4 is 0 Å². The summed E-state index contributed by atoms with van der Waals surface area (Å²) < 4.78 is 1.90. The number of fused-ring (bicyclic) bond motifs is 1. The van der Waals surface area contributed by atoms with Gasteiger partial charge in [0.15, 0.2) is 0 Å². The van der Waals surface area contributed by atoms with E-state index in [0.717, 1.165) is 11.8 Å². The van der Waals surface area contributed by atoms with E-state index in [1.165, 1.54) is 16.5 Å². The first-order chi connectivity index (χ1) is 7.31. The molecule has 0 unspecified atom stereocenters. The van der Waals surface area contributed by atoms with Gasteiger partial charge in [0.25, 0.3) is 0 Å². The fourth-order valence-electron chi connectivity index (χ4n) is 1.55. The number of aryl methyl sites for hydroxylation is 1. The number of hydrogen-bond donors (Lipinski definition) is 0. The standard InChI is InChI=1S/C12H13BrN2/c1-15-12-8-10(4-2-3-7-13)5-6-11(12)9-14-15/h2,4-6,8-9H,3,7H2,1H3. The Hall–Kier alpha value is -1.09. The summed E-state index contributed by atoms with van der Waals surface area (Å²) in [5, 5.41) is 6.42. The summed E-state index contributed by atoms with van der Waals surface area (Å²) in [7, 11) is 1.97. The highest BCUT2D eigenvalue weighted by Crippen LogP contribution is 2.15. The van der Waals surface area contributed by atoms with Crippen LogP contribution in [0, 0.1) is 0 Å². The lowest BCUT2D eigenvalue weighted by Gasteiger charge is -1.96. The quantitative estimate of drug-likeness (QED) is 0.778. The summed E-state index contributed by atoms with van der Waals surface area (Å²) in [5.41, 5.74) is 2.41. The van der Waals surface area contributed by atoms with Crippen LogP contribution in [0.25, 0.3) is 17.0 Å². The number of halogens is 1. The molecule has 0 spiro atoms. The number of alkyl halides is 1. The van der Waals surface area contributed by atoms with Crippen molar-refractivity contribution in [2.45, 2.75) is 6.42 Å². The molecule has 3 heteroatoms. The molecule has 1 aromatic carbocycles. The molecule has 1 aromatic heterocycles. The summed E-state index contributed by atoms with van der Waals surface area (Å²) in [5.74, 6) is 0. The molecule has 2 nitrogen and oxygen atoms in total. The van der Waals surface area contributed by atoms with Crippen LogP contribution in [-0.2, 0) is 7.05 Å². The molecule has 0 aliphatic heterocycles. The number of nitrogens with zero attached hydrogens (tertiary/aromatic N) is 2. The van der Waals surface area contributed by atoms with E-state index in [-0.39, 0.29) is 0 Å². The summed E-state index contributed by atoms with van der Waals surface area (Å²) in [6.45, 7) is 0. The minimum absolute atomic E-state index is 1.01. The van der Waals surface area contributed by atoms with E-state index in [1.807, 2.05) is 17.9 Å². The third kappa shape index (κ3) is 2.29. The minimum Gasteiger partial charge on any atom is -0.268 e. The molecule has 0 N–H and O–H groups in total. The molecule has 78 valence electrons. The topological polar surface area (TPSA) is 17.8 Å². The molecule has 15 heavy (non-hydrogen) atoms. The first-order valence-electron chi connectivity index (χ1n) is 4.95. The van der Waals surface area contributed by atoms with Crippen LogP contribution in [0.15, 0.2) is 30.5 Å². The zero-order chi connectivity index (χ0) is 10.7. The van der Waals surface area contributed by atoms with Crippen molar-refractivity contribution in [3.63, 3.8) is 0 Å².